The van der Waals surface area contributed by atoms with E-state index < -0.39 is 0 Å². The van der Waals surface area contributed by atoms with Gasteiger partial charge >= 0.3 is 0 Å². The van der Waals surface area contributed by atoms with Gasteiger partial charge in [-0.05, 0) is 25.7 Å². The Morgan fingerprint density at radius 1 is 1.50 bits per heavy atom. The first kappa shape index (κ1) is 8.41. The zero-order valence-corrected chi connectivity index (χ0v) is 8.64. The number of carbonyl (C=O) groups excluding carboxylic acids is 1. The molecular weight excluding hydrogens is 196 g/mol. The minimum atomic E-state index is -0.111. The molecule has 4 rings (SSSR count). The second-order valence-corrected chi connectivity index (χ2v) is 5.08. The van der Waals surface area contributed by atoms with Crippen molar-refractivity contribution in [2.75, 3.05) is 0 Å². The van der Waals surface area contributed by atoms with Crippen LogP contribution in [-0.2, 0) is 10.3 Å². The Morgan fingerprint density at radius 3 is 2.86 bits per heavy atom. The van der Waals surface area contributed by atoms with Gasteiger partial charge < -0.3 is 5.32 Å². The van der Waals surface area contributed by atoms with Crippen LogP contribution in [0.1, 0.15) is 30.7 Å². The Kier molecular flexibility index (Phi) is 1.68. The fourth-order valence-corrected chi connectivity index (χ4v) is 3.42. The Labute approximate surface area is 86.5 Å². The molecule has 3 aliphatic rings. The fraction of sp³-hybridized carbons (Fsp3) is 0.600. The van der Waals surface area contributed by atoms with E-state index in [9.17, 15) is 4.79 Å². The number of nitrogens with one attached hydrogen (secondary N) is 1. The van der Waals surface area contributed by atoms with Crippen LogP contribution < -0.4 is 5.32 Å². The molecular formula is C10H12N2OS. The summed E-state index contributed by atoms with van der Waals surface area (Å²) in [6, 6.07) is 0. The largest absolute Gasteiger partial charge is 0.344 e. The molecule has 3 heterocycles. The summed E-state index contributed by atoms with van der Waals surface area (Å²) in [5.41, 5.74) is -0.111. The summed E-state index contributed by atoms with van der Waals surface area (Å²) in [6.45, 7) is 0. The molecule has 1 aliphatic carbocycles. The van der Waals surface area contributed by atoms with E-state index in [0.29, 0.717) is 0 Å². The molecule has 4 heteroatoms. The van der Waals surface area contributed by atoms with E-state index in [2.05, 4.69) is 10.3 Å². The summed E-state index contributed by atoms with van der Waals surface area (Å²) in [5, 5.41) is 6.21. The SMILES string of the molecule is O=C1NC2(c3nccs3)CCC1CC2. The van der Waals surface area contributed by atoms with Crippen LogP contribution in [0.2, 0.25) is 0 Å². The first-order valence-electron chi connectivity index (χ1n) is 5.02. The molecule has 0 radical (unpaired) electrons. The molecule has 2 aliphatic heterocycles. The maximum Gasteiger partial charge on any atom is 0.223 e. The number of hydrogen-bond acceptors (Lipinski definition) is 3. The van der Waals surface area contributed by atoms with Crippen LogP contribution in [0.15, 0.2) is 11.6 Å². The average Bonchev–Trinajstić information content (AvgIpc) is 2.72. The number of carbonyl (C=O) groups is 1. The van der Waals surface area contributed by atoms with Crippen LogP contribution in [0.25, 0.3) is 0 Å². The highest BCUT2D eigenvalue weighted by molar-refractivity contribution is 7.09. The summed E-state index contributed by atoms with van der Waals surface area (Å²) in [5.74, 6) is 0.509. The van der Waals surface area contributed by atoms with Gasteiger partial charge in [0.2, 0.25) is 5.91 Å². The third-order valence-electron chi connectivity index (χ3n) is 3.41. The van der Waals surface area contributed by atoms with Crippen LogP contribution in [0.3, 0.4) is 0 Å². The topological polar surface area (TPSA) is 42.0 Å². The number of fused-ring (bicyclic) bond motifs is 3. The fourth-order valence-electron chi connectivity index (χ4n) is 2.56. The van der Waals surface area contributed by atoms with Crippen molar-refractivity contribution in [3.63, 3.8) is 0 Å². The van der Waals surface area contributed by atoms with E-state index in [-0.39, 0.29) is 17.4 Å². The number of rotatable bonds is 1. The van der Waals surface area contributed by atoms with E-state index >= 15 is 0 Å². The molecule has 0 aromatic carbocycles. The zero-order valence-electron chi connectivity index (χ0n) is 7.82. The minimum Gasteiger partial charge on any atom is -0.344 e. The Bertz CT molecular complexity index is 352. The molecule has 1 amide bonds. The molecule has 74 valence electrons. The van der Waals surface area contributed by atoms with Crippen LogP contribution in [0, 0.1) is 5.92 Å². The van der Waals surface area contributed by atoms with Crippen molar-refractivity contribution >= 4 is 17.2 Å². The predicted molar refractivity (Wildman–Crippen MR) is 53.9 cm³/mol. The van der Waals surface area contributed by atoms with Gasteiger partial charge in [0.25, 0.3) is 0 Å². The Morgan fingerprint density at radius 2 is 2.29 bits per heavy atom. The molecule has 2 bridgehead atoms. The summed E-state index contributed by atoms with van der Waals surface area (Å²) in [7, 11) is 0. The van der Waals surface area contributed by atoms with E-state index in [1.165, 1.54) is 0 Å². The highest BCUT2D eigenvalue weighted by atomic mass is 32.1. The number of piperidine rings is 2. The van der Waals surface area contributed by atoms with Gasteiger partial charge in [0.05, 0.1) is 5.54 Å². The molecule has 1 aromatic rings. The van der Waals surface area contributed by atoms with Gasteiger partial charge in [-0.25, -0.2) is 4.98 Å². The van der Waals surface area contributed by atoms with Crippen molar-refractivity contribution < 1.29 is 4.79 Å². The summed E-state index contributed by atoms with van der Waals surface area (Å²) < 4.78 is 0. The molecule has 0 spiro atoms. The lowest BCUT2D eigenvalue weighted by molar-refractivity contribution is -0.134. The van der Waals surface area contributed by atoms with Gasteiger partial charge in [-0.2, -0.15) is 0 Å². The van der Waals surface area contributed by atoms with Crippen LogP contribution >= 0.6 is 11.3 Å². The van der Waals surface area contributed by atoms with Gasteiger partial charge in [0, 0.05) is 17.5 Å². The molecule has 14 heavy (non-hydrogen) atoms. The average molecular weight is 208 g/mol. The maximum absolute atomic E-state index is 11.6. The second kappa shape index (κ2) is 2.79. The molecule has 2 saturated heterocycles. The van der Waals surface area contributed by atoms with Gasteiger partial charge in [-0.15, -0.1) is 11.3 Å². The second-order valence-electron chi connectivity index (χ2n) is 4.18. The highest BCUT2D eigenvalue weighted by Gasteiger charge is 2.47. The first-order valence-corrected chi connectivity index (χ1v) is 5.90. The number of thiazole rings is 1. The lowest BCUT2D eigenvalue weighted by atomic mass is 9.72. The van der Waals surface area contributed by atoms with Crippen molar-refractivity contribution in [1.29, 1.82) is 0 Å². The molecule has 3 fully saturated rings. The van der Waals surface area contributed by atoms with Crippen molar-refractivity contribution in [2.24, 2.45) is 5.92 Å². The molecule has 0 atom stereocenters. The summed E-state index contributed by atoms with van der Waals surface area (Å²) in [6.07, 6.45) is 6.02. The van der Waals surface area contributed by atoms with Gasteiger partial charge in [0.1, 0.15) is 5.01 Å². The maximum atomic E-state index is 11.6. The minimum absolute atomic E-state index is 0.111. The Balaban J connectivity index is 2.00. The van der Waals surface area contributed by atoms with E-state index in [4.69, 9.17) is 0 Å². The molecule has 1 N–H and O–H groups in total. The van der Waals surface area contributed by atoms with Crippen LogP contribution in [-0.4, -0.2) is 10.9 Å². The zero-order chi connectivity index (χ0) is 9.60. The monoisotopic (exact) mass is 208 g/mol. The molecule has 3 nitrogen and oxygen atoms in total. The summed E-state index contributed by atoms with van der Waals surface area (Å²) in [4.78, 5) is 16.0. The lowest BCUT2D eigenvalue weighted by Crippen LogP contribution is -2.56. The third kappa shape index (κ3) is 1.03. The smallest absolute Gasteiger partial charge is 0.223 e. The molecule has 1 aromatic heterocycles. The third-order valence-corrected chi connectivity index (χ3v) is 4.39. The number of aromatic nitrogens is 1. The summed E-state index contributed by atoms with van der Waals surface area (Å²) >= 11 is 1.65. The molecule has 0 unspecified atom stereocenters. The normalized spacial score (nSPS) is 35.7. The van der Waals surface area contributed by atoms with Crippen LogP contribution in [0.4, 0.5) is 0 Å². The lowest BCUT2D eigenvalue weighted by Gasteiger charge is -2.45. The highest BCUT2D eigenvalue weighted by Crippen LogP contribution is 2.44. The van der Waals surface area contributed by atoms with Gasteiger partial charge in [0.15, 0.2) is 0 Å². The predicted octanol–water partition coefficient (Wildman–Crippen LogP) is 1.66. The number of amides is 1. The van der Waals surface area contributed by atoms with Crippen molar-refractivity contribution in [3.8, 4) is 0 Å². The number of hydrogen-bond donors (Lipinski definition) is 1. The van der Waals surface area contributed by atoms with E-state index in [1.807, 2.05) is 11.6 Å². The van der Waals surface area contributed by atoms with E-state index in [0.717, 1.165) is 30.7 Å². The molecule has 1 saturated carbocycles. The number of nitrogens with zero attached hydrogens (tertiary/aromatic N) is 1. The quantitative estimate of drug-likeness (QED) is 0.762. The first-order chi connectivity index (χ1) is 6.80. The van der Waals surface area contributed by atoms with E-state index in [1.54, 1.807) is 11.3 Å². The van der Waals surface area contributed by atoms with Crippen LogP contribution in [0.5, 0.6) is 0 Å². The standard InChI is InChI=1S/C10H12N2OS/c13-8-7-1-3-10(12-8,4-2-7)9-11-5-6-14-9/h5-7H,1-4H2,(H,12,13). The Hall–Kier alpha value is -0.900. The van der Waals surface area contributed by atoms with Crippen molar-refractivity contribution in [1.82, 2.24) is 10.3 Å². The van der Waals surface area contributed by atoms with Crippen molar-refractivity contribution in [3.05, 3.63) is 16.6 Å². The van der Waals surface area contributed by atoms with Crippen molar-refractivity contribution in [2.45, 2.75) is 31.2 Å². The van der Waals surface area contributed by atoms with Gasteiger partial charge in [-0.1, -0.05) is 0 Å². The van der Waals surface area contributed by atoms with Gasteiger partial charge in [-0.3, -0.25) is 4.79 Å².